The van der Waals surface area contributed by atoms with Crippen LogP contribution in [0, 0.1) is 0 Å². The fraction of sp³-hybridized carbons (Fsp3) is 0.0556. The number of rotatable bonds is 5. The fourth-order valence-corrected chi connectivity index (χ4v) is 4.44. The van der Waals surface area contributed by atoms with Gasteiger partial charge in [-0.1, -0.05) is 48.5 Å². The number of benzene rings is 2. The zero-order valence-electron chi connectivity index (χ0n) is 13.3. The molecule has 7 heteroatoms. The number of ether oxygens (including phenoxy) is 1. The van der Waals surface area contributed by atoms with Crippen molar-refractivity contribution in [1.82, 2.24) is 0 Å². The normalized spacial score (nSPS) is 11.1. The number of carbonyl (C=O) groups excluding carboxylic acids is 1. The summed E-state index contributed by atoms with van der Waals surface area (Å²) in [6.07, 6.45) is 0. The van der Waals surface area contributed by atoms with E-state index in [1.807, 2.05) is 30.3 Å². The van der Waals surface area contributed by atoms with E-state index in [1.165, 1.54) is 30.6 Å². The Hall–Kier alpha value is -2.64. The molecule has 1 aromatic heterocycles. The molecule has 25 heavy (non-hydrogen) atoms. The van der Waals surface area contributed by atoms with Crippen molar-refractivity contribution < 1.29 is 17.9 Å². The minimum Gasteiger partial charge on any atom is -0.465 e. The Balaban J connectivity index is 2.03. The van der Waals surface area contributed by atoms with Crippen LogP contribution in [-0.2, 0) is 14.8 Å². The molecule has 5 nitrogen and oxygen atoms in total. The van der Waals surface area contributed by atoms with E-state index in [2.05, 4.69) is 4.72 Å². The highest BCUT2D eigenvalue weighted by atomic mass is 32.2. The summed E-state index contributed by atoms with van der Waals surface area (Å²) in [4.78, 5) is 13.2. The smallest absolute Gasteiger partial charge is 0.350 e. The van der Waals surface area contributed by atoms with Crippen LogP contribution in [0.25, 0.3) is 10.4 Å². The molecule has 0 unspecified atom stereocenters. The van der Waals surface area contributed by atoms with Gasteiger partial charge in [-0.2, -0.15) is 0 Å². The molecule has 0 aliphatic rings. The molecule has 0 amide bonds. The van der Waals surface area contributed by atoms with Crippen molar-refractivity contribution in [2.24, 2.45) is 0 Å². The number of sulfonamides is 1. The highest BCUT2D eigenvalue weighted by Gasteiger charge is 2.22. The van der Waals surface area contributed by atoms with Crippen molar-refractivity contribution in [3.8, 4) is 10.4 Å². The lowest BCUT2D eigenvalue weighted by atomic mass is 10.2. The van der Waals surface area contributed by atoms with E-state index in [0.29, 0.717) is 0 Å². The molecule has 0 spiro atoms. The van der Waals surface area contributed by atoms with E-state index in [-0.39, 0.29) is 15.5 Å². The van der Waals surface area contributed by atoms with E-state index >= 15 is 0 Å². The quantitative estimate of drug-likeness (QED) is 0.686. The number of thiophene rings is 1. The van der Waals surface area contributed by atoms with Gasteiger partial charge in [0.25, 0.3) is 10.0 Å². The number of methoxy groups -OCH3 is 1. The van der Waals surface area contributed by atoms with Crippen LogP contribution < -0.4 is 4.72 Å². The monoisotopic (exact) mass is 373 g/mol. The minimum atomic E-state index is -3.80. The molecule has 0 bridgehead atoms. The molecule has 0 aliphatic carbocycles. The lowest BCUT2D eigenvalue weighted by Gasteiger charge is -2.07. The first-order chi connectivity index (χ1) is 12.0. The molecule has 0 radical (unpaired) electrons. The Morgan fingerprint density at radius 3 is 2.20 bits per heavy atom. The molecule has 0 fully saturated rings. The van der Waals surface area contributed by atoms with E-state index in [9.17, 15) is 13.2 Å². The SMILES string of the molecule is COC(=O)c1sc(-c2ccccc2)cc1NS(=O)(=O)c1ccccc1. The summed E-state index contributed by atoms with van der Waals surface area (Å²) in [5, 5.41) is 0. The van der Waals surface area contributed by atoms with Gasteiger partial charge in [0, 0.05) is 4.88 Å². The first-order valence-electron chi connectivity index (χ1n) is 7.37. The maximum Gasteiger partial charge on any atom is 0.350 e. The molecule has 128 valence electrons. The fourth-order valence-electron chi connectivity index (χ4n) is 2.26. The lowest BCUT2D eigenvalue weighted by molar-refractivity contribution is 0.0607. The summed E-state index contributed by atoms with van der Waals surface area (Å²) < 4.78 is 32.4. The van der Waals surface area contributed by atoms with Gasteiger partial charge in [0.2, 0.25) is 0 Å². The second-order valence-corrected chi connectivity index (χ2v) is 7.86. The first kappa shape index (κ1) is 17.2. The van der Waals surface area contributed by atoms with Crippen molar-refractivity contribution >= 4 is 33.0 Å². The minimum absolute atomic E-state index is 0.123. The Morgan fingerprint density at radius 2 is 1.60 bits per heavy atom. The van der Waals surface area contributed by atoms with Gasteiger partial charge in [-0.25, -0.2) is 13.2 Å². The second-order valence-electron chi connectivity index (χ2n) is 5.13. The number of carbonyl (C=O) groups is 1. The van der Waals surface area contributed by atoms with Crippen LogP contribution in [0.4, 0.5) is 5.69 Å². The summed E-state index contributed by atoms with van der Waals surface area (Å²) in [6, 6.07) is 19.1. The van der Waals surface area contributed by atoms with Gasteiger partial charge in [0.1, 0.15) is 4.88 Å². The lowest BCUT2D eigenvalue weighted by Crippen LogP contribution is -2.14. The van der Waals surface area contributed by atoms with Crippen LogP contribution in [0.1, 0.15) is 9.67 Å². The van der Waals surface area contributed by atoms with Gasteiger partial charge in [-0.05, 0) is 23.8 Å². The molecule has 0 saturated heterocycles. The second kappa shape index (κ2) is 7.08. The molecule has 0 aliphatic heterocycles. The molecular weight excluding hydrogens is 358 g/mol. The van der Waals surface area contributed by atoms with Crippen molar-refractivity contribution in [1.29, 1.82) is 0 Å². The number of anilines is 1. The highest BCUT2D eigenvalue weighted by Crippen LogP contribution is 2.36. The van der Waals surface area contributed by atoms with Crippen LogP contribution in [0.3, 0.4) is 0 Å². The number of hydrogen-bond acceptors (Lipinski definition) is 5. The number of nitrogens with one attached hydrogen (secondary N) is 1. The Kier molecular flexibility index (Phi) is 4.87. The Bertz CT molecular complexity index is 980. The molecule has 1 heterocycles. The van der Waals surface area contributed by atoms with E-state index < -0.39 is 16.0 Å². The van der Waals surface area contributed by atoms with Gasteiger partial charge in [0.05, 0.1) is 17.7 Å². The van der Waals surface area contributed by atoms with Gasteiger partial charge in [-0.3, -0.25) is 4.72 Å². The standard InChI is InChI=1S/C18H15NO4S2/c1-23-18(20)17-15(12-16(24-17)13-8-4-2-5-9-13)19-25(21,22)14-10-6-3-7-11-14/h2-12,19H,1H3. The molecule has 3 aromatic rings. The van der Waals surface area contributed by atoms with Gasteiger partial charge in [0.15, 0.2) is 0 Å². The molecule has 0 atom stereocenters. The zero-order valence-corrected chi connectivity index (χ0v) is 14.9. The average molecular weight is 373 g/mol. The third-order valence-corrected chi connectivity index (χ3v) is 6.00. The number of esters is 1. The number of hydrogen-bond donors (Lipinski definition) is 1. The maximum atomic E-state index is 12.6. The average Bonchev–Trinajstić information content (AvgIpc) is 3.05. The Labute approximate surface area is 150 Å². The summed E-state index contributed by atoms with van der Waals surface area (Å²) in [5.41, 5.74) is 1.10. The molecular formula is C18H15NO4S2. The van der Waals surface area contributed by atoms with E-state index in [4.69, 9.17) is 4.74 Å². The van der Waals surface area contributed by atoms with Crippen LogP contribution >= 0.6 is 11.3 Å². The summed E-state index contributed by atoms with van der Waals surface area (Å²) in [5.74, 6) is -0.585. The van der Waals surface area contributed by atoms with Crippen molar-refractivity contribution in [2.75, 3.05) is 11.8 Å². The molecule has 3 rings (SSSR count). The maximum absolute atomic E-state index is 12.6. The van der Waals surface area contributed by atoms with Crippen molar-refractivity contribution in [3.63, 3.8) is 0 Å². The topological polar surface area (TPSA) is 72.5 Å². The van der Waals surface area contributed by atoms with Gasteiger partial charge in [-0.15, -0.1) is 11.3 Å². The highest BCUT2D eigenvalue weighted by molar-refractivity contribution is 7.92. The summed E-state index contributed by atoms with van der Waals surface area (Å²) in [6.45, 7) is 0. The molecule has 1 N–H and O–H groups in total. The summed E-state index contributed by atoms with van der Waals surface area (Å²) in [7, 11) is -2.53. The van der Waals surface area contributed by atoms with E-state index in [1.54, 1.807) is 24.3 Å². The predicted molar refractivity (Wildman–Crippen MR) is 98.3 cm³/mol. The van der Waals surface area contributed by atoms with Gasteiger partial charge >= 0.3 is 5.97 Å². The van der Waals surface area contributed by atoms with Gasteiger partial charge < -0.3 is 4.74 Å². The predicted octanol–water partition coefficient (Wildman–Crippen LogP) is 4.00. The van der Waals surface area contributed by atoms with Crippen LogP contribution in [0.5, 0.6) is 0 Å². The van der Waals surface area contributed by atoms with Crippen LogP contribution in [-0.4, -0.2) is 21.5 Å². The van der Waals surface area contributed by atoms with Crippen LogP contribution in [0.15, 0.2) is 71.6 Å². The summed E-state index contributed by atoms with van der Waals surface area (Å²) >= 11 is 1.18. The Morgan fingerprint density at radius 1 is 1.00 bits per heavy atom. The van der Waals surface area contributed by atoms with Crippen LogP contribution in [0.2, 0.25) is 0 Å². The third-order valence-electron chi connectivity index (χ3n) is 3.46. The third kappa shape index (κ3) is 3.72. The molecule has 0 saturated carbocycles. The van der Waals surface area contributed by atoms with Crippen molar-refractivity contribution in [3.05, 3.63) is 71.6 Å². The first-order valence-corrected chi connectivity index (χ1v) is 9.66. The zero-order chi connectivity index (χ0) is 17.9. The molecule has 2 aromatic carbocycles. The van der Waals surface area contributed by atoms with Crippen molar-refractivity contribution in [2.45, 2.75) is 4.90 Å². The van der Waals surface area contributed by atoms with E-state index in [0.717, 1.165) is 10.4 Å². The largest absolute Gasteiger partial charge is 0.465 e.